The number of nitrogens with one attached hydrogen (secondary N) is 1. The summed E-state index contributed by atoms with van der Waals surface area (Å²) in [6.07, 6.45) is 8.41. The Hall–Kier alpha value is -0.930. The fourth-order valence-corrected chi connectivity index (χ4v) is 3.27. The number of aromatic nitrogens is 1. The lowest BCUT2D eigenvalue weighted by atomic mass is 9.76. The van der Waals surface area contributed by atoms with Crippen LogP contribution in [-0.4, -0.2) is 4.98 Å². The van der Waals surface area contributed by atoms with E-state index in [0.29, 0.717) is 5.92 Å². The predicted octanol–water partition coefficient (Wildman–Crippen LogP) is 3.11. The summed E-state index contributed by atoms with van der Waals surface area (Å²) in [7, 11) is 0. The molecule has 3 atom stereocenters. The van der Waals surface area contributed by atoms with Gasteiger partial charge in [-0.2, -0.15) is 0 Å². The zero-order valence-electron chi connectivity index (χ0n) is 11.5. The van der Waals surface area contributed by atoms with Crippen molar-refractivity contribution in [3.63, 3.8) is 0 Å². The van der Waals surface area contributed by atoms with Gasteiger partial charge in [-0.05, 0) is 43.2 Å². The van der Waals surface area contributed by atoms with E-state index >= 15 is 0 Å². The van der Waals surface area contributed by atoms with Gasteiger partial charge in [0, 0.05) is 6.20 Å². The van der Waals surface area contributed by atoms with E-state index < -0.39 is 0 Å². The summed E-state index contributed by atoms with van der Waals surface area (Å²) < 4.78 is 0. The second kappa shape index (κ2) is 6.30. The van der Waals surface area contributed by atoms with Crippen molar-refractivity contribution >= 4 is 0 Å². The molecule has 1 aliphatic carbocycles. The molecule has 0 bridgehead atoms. The number of hydrogen-bond donors (Lipinski definition) is 2. The summed E-state index contributed by atoms with van der Waals surface area (Å²) in [6, 6.07) is 4.31. The maximum absolute atomic E-state index is 5.80. The molecule has 1 heterocycles. The van der Waals surface area contributed by atoms with Crippen LogP contribution < -0.4 is 11.3 Å². The second-order valence-electron chi connectivity index (χ2n) is 5.55. The first kappa shape index (κ1) is 13.5. The second-order valence-corrected chi connectivity index (χ2v) is 5.55. The molecule has 2 rings (SSSR count). The summed E-state index contributed by atoms with van der Waals surface area (Å²) in [4.78, 5) is 4.53. The molecule has 1 aromatic rings. The van der Waals surface area contributed by atoms with Gasteiger partial charge < -0.3 is 0 Å². The van der Waals surface area contributed by atoms with Crippen molar-refractivity contribution < 1.29 is 0 Å². The van der Waals surface area contributed by atoms with Gasteiger partial charge in [-0.3, -0.25) is 16.3 Å². The average Bonchev–Trinajstić information content (AvgIpc) is 2.42. The Morgan fingerprint density at radius 1 is 1.50 bits per heavy atom. The Balaban J connectivity index is 2.15. The van der Waals surface area contributed by atoms with Crippen LogP contribution in [0, 0.1) is 18.8 Å². The summed E-state index contributed by atoms with van der Waals surface area (Å²) in [5.41, 5.74) is 5.37. The van der Waals surface area contributed by atoms with E-state index in [-0.39, 0.29) is 6.04 Å². The number of aryl methyl sites for hydroxylation is 1. The third-order valence-corrected chi connectivity index (χ3v) is 4.40. The average molecular weight is 247 g/mol. The first-order valence-electron chi connectivity index (χ1n) is 7.13. The van der Waals surface area contributed by atoms with Crippen LogP contribution in [0.25, 0.3) is 0 Å². The molecular formula is C15H25N3. The highest BCUT2D eigenvalue weighted by atomic mass is 15.2. The molecule has 3 unspecified atom stereocenters. The fraction of sp³-hybridized carbons (Fsp3) is 0.667. The van der Waals surface area contributed by atoms with Crippen molar-refractivity contribution in [2.45, 2.75) is 52.0 Å². The molecule has 18 heavy (non-hydrogen) atoms. The lowest BCUT2D eigenvalue weighted by Crippen LogP contribution is -2.36. The minimum Gasteiger partial charge on any atom is -0.271 e. The number of hydrazine groups is 1. The third kappa shape index (κ3) is 2.90. The highest BCUT2D eigenvalue weighted by molar-refractivity contribution is 5.21. The Morgan fingerprint density at radius 3 is 3.00 bits per heavy atom. The van der Waals surface area contributed by atoms with Crippen LogP contribution >= 0.6 is 0 Å². The van der Waals surface area contributed by atoms with Crippen molar-refractivity contribution in [2.75, 3.05) is 0 Å². The van der Waals surface area contributed by atoms with Gasteiger partial charge in [0.1, 0.15) is 0 Å². The maximum Gasteiger partial charge on any atom is 0.0663 e. The van der Waals surface area contributed by atoms with Gasteiger partial charge in [0.05, 0.1) is 11.7 Å². The molecule has 0 aromatic carbocycles. The SMILES string of the molecule is CCC1CCCC(C(NN)c2ncccc2C)C1. The van der Waals surface area contributed by atoms with Crippen LogP contribution in [0.4, 0.5) is 0 Å². The number of rotatable bonds is 4. The lowest BCUT2D eigenvalue weighted by Gasteiger charge is -2.34. The molecule has 1 aliphatic rings. The fourth-order valence-electron chi connectivity index (χ4n) is 3.27. The summed E-state index contributed by atoms with van der Waals surface area (Å²) >= 11 is 0. The van der Waals surface area contributed by atoms with Gasteiger partial charge in [0.25, 0.3) is 0 Å². The van der Waals surface area contributed by atoms with Crippen LogP contribution in [0.2, 0.25) is 0 Å². The normalized spacial score (nSPS) is 25.9. The molecule has 3 nitrogen and oxygen atoms in total. The van der Waals surface area contributed by atoms with Gasteiger partial charge in [0.2, 0.25) is 0 Å². The molecule has 1 saturated carbocycles. The van der Waals surface area contributed by atoms with Crippen molar-refractivity contribution in [3.05, 3.63) is 29.6 Å². The van der Waals surface area contributed by atoms with E-state index in [1.807, 2.05) is 12.3 Å². The van der Waals surface area contributed by atoms with E-state index in [4.69, 9.17) is 5.84 Å². The topological polar surface area (TPSA) is 50.9 Å². The minimum atomic E-state index is 0.209. The molecule has 0 amide bonds. The Labute approximate surface area is 110 Å². The Bertz CT molecular complexity index is 378. The van der Waals surface area contributed by atoms with Gasteiger partial charge in [0.15, 0.2) is 0 Å². The van der Waals surface area contributed by atoms with Gasteiger partial charge >= 0.3 is 0 Å². The number of nitrogens with zero attached hydrogens (tertiary/aromatic N) is 1. The molecule has 3 heteroatoms. The molecule has 0 saturated heterocycles. The minimum absolute atomic E-state index is 0.209. The highest BCUT2D eigenvalue weighted by Crippen LogP contribution is 2.38. The zero-order chi connectivity index (χ0) is 13.0. The lowest BCUT2D eigenvalue weighted by molar-refractivity contribution is 0.207. The summed E-state index contributed by atoms with van der Waals surface area (Å²) in [5, 5.41) is 0. The van der Waals surface area contributed by atoms with Crippen LogP contribution in [0.1, 0.15) is 56.3 Å². The molecule has 0 aliphatic heterocycles. The van der Waals surface area contributed by atoms with Crippen molar-refractivity contribution in [1.29, 1.82) is 0 Å². The molecule has 3 N–H and O–H groups in total. The standard InChI is InChI=1S/C15H25N3/c1-3-12-7-4-8-13(10-12)15(18-16)14-11(2)6-5-9-17-14/h5-6,9,12-13,15,18H,3-4,7-8,10,16H2,1-2H3. The molecule has 0 radical (unpaired) electrons. The zero-order valence-corrected chi connectivity index (χ0v) is 11.5. The first-order valence-corrected chi connectivity index (χ1v) is 7.13. The van der Waals surface area contributed by atoms with Gasteiger partial charge in [-0.25, -0.2) is 0 Å². The Morgan fingerprint density at radius 2 is 2.33 bits per heavy atom. The van der Waals surface area contributed by atoms with Crippen molar-refractivity contribution in [1.82, 2.24) is 10.4 Å². The van der Waals surface area contributed by atoms with E-state index in [9.17, 15) is 0 Å². The molecular weight excluding hydrogens is 222 g/mol. The number of pyridine rings is 1. The van der Waals surface area contributed by atoms with Crippen molar-refractivity contribution in [2.24, 2.45) is 17.7 Å². The van der Waals surface area contributed by atoms with Crippen LogP contribution in [0.15, 0.2) is 18.3 Å². The molecule has 100 valence electrons. The number of hydrogen-bond acceptors (Lipinski definition) is 3. The first-order chi connectivity index (χ1) is 8.76. The monoisotopic (exact) mass is 247 g/mol. The molecule has 0 spiro atoms. The predicted molar refractivity (Wildman–Crippen MR) is 74.8 cm³/mol. The highest BCUT2D eigenvalue weighted by Gasteiger charge is 2.29. The van der Waals surface area contributed by atoms with E-state index in [1.165, 1.54) is 37.7 Å². The van der Waals surface area contributed by atoms with E-state index in [2.05, 4.69) is 30.3 Å². The quantitative estimate of drug-likeness (QED) is 0.635. The Kier molecular flexibility index (Phi) is 4.72. The van der Waals surface area contributed by atoms with Gasteiger partial charge in [-0.15, -0.1) is 0 Å². The number of nitrogens with two attached hydrogens (primary N) is 1. The molecule has 1 aromatic heterocycles. The smallest absolute Gasteiger partial charge is 0.0663 e. The van der Waals surface area contributed by atoms with E-state index in [0.717, 1.165) is 11.6 Å². The van der Waals surface area contributed by atoms with Crippen LogP contribution in [0.3, 0.4) is 0 Å². The molecule has 1 fully saturated rings. The maximum atomic E-state index is 5.80. The van der Waals surface area contributed by atoms with Crippen LogP contribution in [0.5, 0.6) is 0 Å². The van der Waals surface area contributed by atoms with E-state index in [1.54, 1.807) is 0 Å². The van der Waals surface area contributed by atoms with Gasteiger partial charge in [-0.1, -0.05) is 32.3 Å². The third-order valence-electron chi connectivity index (χ3n) is 4.40. The van der Waals surface area contributed by atoms with Crippen molar-refractivity contribution in [3.8, 4) is 0 Å². The largest absolute Gasteiger partial charge is 0.271 e. The summed E-state index contributed by atoms with van der Waals surface area (Å²) in [6.45, 7) is 4.41. The van der Waals surface area contributed by atoms with Crippen LogP contribution in [-0.2, 0) is 0 Å². The summed E-state index contributed by atoms with van der Waals surface area (Å²) in [5.74, 6) is 7.29.